The van der Waals surface area contributed by atoms with Crippen LogP contribution in [0, 0.1) is 10.1 Å². The highest BCUT2D eigenvalue weighted by Gasteiger charge is 2.35. The molecule has 4 aromatic rings. The number of carbonyl (C=O) groups is 4. The van der Waals surface area contributed by atoms with E-state index in [4.69, 9.17) is 14.2 Å². The van der Waals surface area contributed by atoms with Gasteiger partial charge in [-0.3, -0.25) is 19.5 Å². The predicted molar refractivity (Wildman–Crippen MR) is 199 cm³/mol. The number of aliphatic hydroxyl groups is 1. The smallest absolute Gasteiger partial charge is 0.409 e. The fraction of sp³-hybridized carbons (Fsp3) is 0.417. The lowest BCUT2D eigenvalue weighted by Crippen LogP contribution is -2.43. The van der Waals surface area contributed by atoms with Crippen molar-refractivity contribution < 1.29 is 61.7 Å². The maximum absolute atomic E-state index is 13.7. The van der Waals surface area contributed by atoms with Gasteiger partial charge in [0.1, 0.15) is 30.7 Å². The number of pyridine rings is 1. The highest BCUT2D eigenvalue weighted by Crippen LogP contribution is 2.32. The van der Waals surface area contributed by atoms with Crippen LogP contribution in [0.25, 0.3) is 22.4 Å². The standard InChI is InChI=1S/C36H40F3N9O11/c1-4-24(32(50)42-19-36(37,38)39)43-28-9-11-40-30(44-28)23-17-47(31-22(23)6-5-10-41-31)34(53)45(2)12-13-46(3)35(54)57-18-20-7-8-26(25(14-20)48(55)56)58-29-16-21(49)15-27(59-29)33(51)52/h5-11,14,17,21,24,27,29,49H,4,12-13,15-16,18-19H2,1-3H3,(H,42,50)(H,51,52)(H,40,43,44). The SMILES string of the molecule is CCC(Nc1ccnc(-c2cn(C(=O)N(C)CCN(C)C(=O)OCc3ccc(OC4CC(O)CC(C(=O)O)O4)c([N+](=O)[O-])c3)c3ncccc23)n1)C(=O)NCC(F)(F)F. The Bertz CT molecular complexity index is 2190. The van der Waals surface area contributed by atoms with E-state index in [1.54, 1.807) is 19.1 Å². The lowest BCUT2D eigenvalue weighted by Gasteiger charge is -2.30. The molecule has 3 aromatic heterocycles. The van der Waals surface area contributed by atoms with Crippen LogP contribution in [0.5, 0.6) is 5.75 Å². The summed E-state index contributed by atoms with van der Waals surface area (Å²) in [5.74, 6) is -2.14. The third-order valence-electron chi connectivity index (χ3n) is 8.97. The van der Waals surface area contributed by atoms with Crippen molar-refractivity contribution in [3.05, 3.63) is 70.7 Å². The number of carbonyl (C=O) groups excluding carboxylic acids is 3. The molecule has 0 radical (unpaired) electrons. The fourth-order valence-corrected chi connectivity index (χ4v) is 5.85. The number of aliphatic hydroxyl groups excluding tert-OH is 1. The first kappa shape index (κ1) is 43.5. The average Bonchev–Trinajstić information content (AvgIpc) is 3.59. The number of rotatable bonds is 15. The molecular formula is C36H40F3N9O11. The molecule has 4 unspecified atom stereocenters. The number of nitro benzene ring substituents is 1. The molecular weight excluding hydrogens is 791 g/mol. The zero-order chi connectivity index (χ0) is 43.0. The van der Waals surface area contributed by atoms with Gasteiger partial charge in [-0.25, -0.2) is 29.3 Å². The minimum Gasteiger partial charge on any atom is -0.479 e. The van der Waals surface area contributed by atoms with Crippen LogP contribution in [0.2, 0.25) is 0 Å². The minimum atomic E-state index is -4.58. The molecule has 0 saturated carbocycles. The maximum atomic E-state index is 13.7. The number of amides is 3. The highest BCUT2D eigenvalue weighted by atomic mass is 19.4. The molecule has 59 heavy (non-hydrogen) atoms. The number of nitrogens with one attached hydrogen (secondary N) is 2. The van der Waals surface area contributed by atoms with Gasteiger partial charge in [0.15, 0.2) is 17.7 Å². The summed E-state index contributed by atoms with van der Waals surface area (Å²) < 4.78 is 55.4. The predicted octanol–water partition coefficient (Wildman–Crippen LogP) is 3.77. The zero-order valence-corrected chi connectivity index (χ0v) is 31.8. The number of likely N-dealkylation sites (N-methyl/N-ethyl adjacent to an activating group) is 2. The number of alkyl halides is 3. The Morgan fingerprint density at radius 2 is 1.85 bits per heavy atom. The van der Waals surface area contributed by atoms with Crippen molar-refractivity contribution in [1.29, 1.82) is 0 Å². The molecule has 4 heterocycles. The molecule has 23 heteroatoms. The van der Waals surface area contributed by atoms with Crippen LogP contribution in [0.15, 0.2) is 55.0 Å². The molecule has 4 atom stereocenters. The van der Waals surface area contributed by atoms with E-state index in [1.165, 1.54) is 65.3 Å². The monoisotopic (exact) mass is 831 g/mol. The molecule has 1 saturated heterocycles. The van der Waals surface area contributed by atoms with Crippen LogP contribution >= 0.6 is 0 Å². The Labute approximate surface area is 333 Å². The van der Waals surface area contributed by atoms with Gasteiger partial charge >= 0.3 is 30.0 Å². The molecule has 1 aliphatic heterocycles. The van der Waals surface area contributed by atoms with Crippen LogP contribution in [0.1, 0.15) is 31.7 Å². The quantitative estimate of drug-likeness (QED) is 0.0983. The summed E-state index contributed by atoms with van der Waals surface area (Å²) in [5.41, 5.74) is 0.370. The van der Waals surface area contributed by atoms with Crippen molar-refractivity contribution in [3.8, 4) is 17.1 Å². The van der Waals surface area contributed by atoms with Crippen molar-refractivity contribution in [2.24, 2.45) is 0 Å². The van der Waals surface area contributed by atoms with Gasteiger partial charge in [0.05, 0.1) is 11.0 Å². The zero-order valence-electron chi connectivity index (χ0n) is 31.8. The molecule has 3 amide bonds. The summed E-state index contributed by atoms with van der Waals surface area (Å²) in [6.45, 7) is -0.208. The Hall–Kier alpha value is -6.62. The van der Waals surface area contributed by atoms with E-state index in [0.29, 0.717) is 10.9 Å². The van der Waals surface area contributed by atoms with Crippen LogP contribution in [-0.2, 0) is 25.7 Å². The fourth-order valence-electron chi connectivity index (χ4n) is 5.85. The highest BCUT2D eigenvalue weighted by molar-refractivity contribution is 5.98. The summed E-state index contributed by atoms with van der Waals surface area (Å²) in [5, 5.41) is 36.2. The number of benzene rings is 1. The van der Waals surface area contributed by atoms with Gasteiger partial charge in [0.2, 0.25) is 12.2 Å². The Kier molecular flexibility index (Phi) is 13.8. The second kappa shape index (κ2) is 18.8. The van der Waals surface area contributed by atoms with Gasteiger partial charge in [-0.15, -0.1) is 0 Å². The number of anilines is 1. The first-order valence-corrected chi connectivity index (χ1v) is 18.0. The molecule has 1 aliphatic rings. The molecule has 0 aliphatic carbocycles. The molecule has 0 spiro atoms. The first-order valence-electron chi connectivity index (χ1n) is 18.0. The Morgan fingerprint density at radius 3 is 2.54 bits per heavy atom. The van der Waals surface area contributed by atoms with Crippen molar-refractivity contribution in [2.75, 3.05) is 39.0 Å². The Balaban J connectivity index is 1.19. The number of carboxylic acids is 1. The lowest BCUT2D eigenvalue weighted by atomic mass is 10.1. The third kappa shape index (κ3) is 11.3. The Morgan fingerprint density at radius 1 is 1.10 bits per heavy atom. The molecule has 0 bridgehead atoms. The van der Waals surface area contributed by atoms with Gasteiger partial charge in [-0.1, -0.05) is 13.0 Å². The second-order valence-electron chi connectivity index (χ2n) is 13.4. The van der Waals surface area contributed by atoms with E-state index in [0.717, 1.165) is 6.07 Å². The molecule has 20 nitrogen and oxygen atoms in total. The van der Waals surface area contributed by atoms with Crippen molar-refractivity contribution in [2.45, 2.75) is 63.5 Å². The van der Waals surface area contributed by atoms with Crippen molar-refractivity contribution in [3.63, 3.8) is 0 Å². The van der Waals surface area contributed by atoms with Gasteiger partial charge in [0, 0.05) is 75.6 Å². The lowest BCUT2D eigenvalue weighted by molar-refractivity contribution is -0.386. The summed E-state index contributed by atoms with van der Waals surface area (Å²) in [7, 11) is 2.92. The van der Waals surface area contributed by atoms with E-state index in [1.807, 2.05) is 5.32 Å². The van der Waals surface area contributed by atoms with Crippen molar-refractivity contribution >= 4 is 46.5 Å². The molecule has 316 valence electrons. The topological polar surface area (TPSA) is 254 Å². The number of nitro groups is 1. The number of ether oxygens (including phenoxy) is 3. The van der Waals surface area contributed by atoms with E-state index >= 15 is 0 Å². The van der Waals surface area contributed by atoms with E-state index in [-0.39, 0.29) is 67.6 Å². The number of aliphatic carboxylic acids is 1. The van der Waals surface area contributed by atoms with E-state index < -0.39 is 71.9 Å². The van der Waals surface area contributed by atoms with Crippen LogP contribution < -0.4 is 15.4 Å². The molecule has 1 fully saturated rings. The minimum absolute atomic E-state index is 0.00400. The first-order chi connectivity index (χ1) is 27.9. The van der Waals surface area contributed by atoms with Gasteiger partial charge in [-0.2, -0.15) is 13.2 Å². The maximum Gasteiger partial charge on any atom is 0.409 e. The van der Waals surface area contributed by atoms with Gasteiger partial charge in [-0.05, 0) is 36.2 Å². The number of halogens is 3. The van der Waals surface area contributed by atoms with E-state index in [9.17, 15) is 52.7 Å². The number of nitrogens with zero attached hydrogens (tertiary/aromatic N) is 7. The summed E-state index contributed by atoms with van der Waals surface area (Å²) >= 11 is 0. The molecule has 4 N–H and O–H groups in total. The normalized spacial score (nSPS) is 17.1. The number of carboxylic acid groups (broad SMARTS) is 1. The molecule has 1 aromatic carbocycles. The summed E-state index contributed by atoms with van der Waals surface area (Å²) in [4.78, 5) is 76.9. The van der Waals surface area contributed by atoms with Crippen LogP contribution in [-0.4, -0.2) is 133 Å². The van der Waals surface area contributed by atoms with Gasteiger partial charge < -0.3 is 44.9 Å². The third-order valence-corrected chi connectivity index (χ3v) is 8.97. The van der Waals surface area contributed by atoms with Crippen molar-refractivity contribution in [1.82, 2.24) is 34.6 Å². The summed E-state index contributed by atoms with van der Waals surface area (Å²) in [6, 6.07) is 6.97. The number of hydrogen-bond acceptors (Lipinski definition) is 14. The number of aromatic nitrogens is 4. The number of fused-ring (bicyclic) bond motifs is 1. The largest absolute Gasteiger partial charge is 0.479 e. The van der Waals surface area contributed by atoms with Crippen LogP contribution in [0.4, 0.5) is 34.3 Å². The summed E-state index contributed by atoms with van der Waals surface area (Å²) in [6.07, 6.45) is -4.83. The van der Waals surface area contributed by atoms with E-state index in [2.05, 4.69) is 20.3 Å². The van der Waals surface area contributed by atoms with Crippen LogP contribution in [0.3, 0.4) is 0 Å². The second-order valence-corrected chi connectivity index (χ2v) is 13.4. The average molecular weight is 832 g/mol. The van der Waals surface area contributed by atoms with Gasteiger partial charge in [0.25, 0.3) is 0 Å². The molecule has 5 rings (SSSR count). The number of hydrogen-bond donors (Lipinski definition) is 4.